The molecule has 0 spiro atoms. The standard InChI is InChI=1S/C10H10N2O2/c1-6-5-8(10-12-3-4-13-10)14-9(6)7(2)11/h3-5H,2,11H2,1H3. The smallest absolute Gasteiger partial charge is 0.262 e. The summed E-state index contributed by atoms with van der Waals surface area (Å²) in [7, 11) is 0. The number of furan rings is 1. The van der Waals surface area contributed by atoms with Crippen LogP contribution in [0.1, 0.15) is 11.3 Å². The summed E-state index contributed by atoms with van der Waals surface area (Å²) >= 11 is 0. The van der Waals surface area contributed by atoms with Crippen molar-refractivity contribution < 1.29 is 8.83 Å². The van der Waals surface area contributed by atoms with E-state index in [-0.39, 0.29) is 0 Å². The van der Waals surface area contributed by atoms with Crippen molar-refractivity contribution in [2.45, 2.75) is 6.92 Å². The fourth-order valence-electron chi connectivity index (χ4n) is 1.25. The number of hydrogen-bond donors (Lipinski definition) is 1. The molecule has 2 rings (SSSR count). The van der Waals surface area contributed by atoms with Crippen LogP contribution in [0, 0.1) is 6.92 Å². The summed E-state index contributed by atoms with van der Waals surface area (Å²) in [6, 6.07) is 1.82. The summed E-state index contributed by atoms with van der Waals surface area (Å²) in [5, 5.41) is 0. The molecule has 0 amide bonds. The van der Waals surface area contributed by atoms with E-state index in [9.17, 15) is 0 Å². The Kier molecular flexibility index (Phi) is 1.89. The first-order chi connectivity index (χ1) is 6.68. The number of aromatic nitrogens is 1. The average molecular weight is 190 g/mol. The first-order valence-electron chi connectivity index (χ1n) is 4.13. The highest BCUT2D eigenvalue weighted by Crippen LogP contribution is 2.25. The van der Waals surface area contributed by atoms with E-state index in [0.717, 1.165) is 5.56 Å². The van der Waals surface area contributed by atoms with E-state index in [1.165, 1.54) is 6.26 Å². The molecule has 0 aliphatic heterocycles. The number of oxazole rings is 1. The largest absolute Gasteiger partial charge is 0.449 e. The highest BCUT2D eigenvalue weighted by atomic mass is 16.4. The van der Waals surface area contributed by atoms with E-state index in [0.29, 0.717) is 23.1 Å². The van der Waals surface area contributed by atoms with Gasteiger partial charge in [-0.1, -0.05) is 6.58 Å². The zero-order chi connectivity index (χ0) is 10.1. The number of aryl methyl sites for hydroxylation is 1. The first-order valence-corrected chi connectivity index (χ1v) is 4.13. The number of rotatable bonds is 2. The van der Waals surface area contributed by atoms with Crippen molar-refractivity contribution in [1.29, 1.82) is 0 Å². The zero-order valence-corrected chi connectivity index (χ0v) is 7.78. The van der Waals surface area contributed by atoms with Crippen LogP contribution in [-0.4, -0.2) is 4.98 Å². The fraction of sp³-hybridized carbons (Fsp3) is 0.100. The van der Waals surface area contributed by atoms with Gasteiger partial charge < -0.3 is 14.6 Å². The molecule has 4 heteroatoms. The van der Waals surface area contributed by atoms with Crippen molar-refractivity contribution in [1.82, 2.24) is 4.98 Å². The molecule has 0 radical (unpaired) electrons. The summed E-state index contributed by atoms with van der Waals surface area (Å²) in [6.45, 7) is 5.51. The van der Waals surface area contributed by atoms with Crippen molar-refractivity contribution in [2.75, 3.05) is 0 Å². The third-order valence-electron chi connectivity index (χ3n) is 1.85. The van der Waals surface area contributed by atoms with Gasteiger partial charge in [0.1, 0.15) is 6.26 Å². The molecular weight excluding hydrogens is 180 g/mol. The average Bonchev–Trinajstić information content (AvgIpc) is 2.70. The van der Waals surface area contributed by atoms with Gasteiger partial charge >= 0.3 is 0 Å². The lowest BCUT2D eigenvalue weighted by Gasteiger charge is -1.93. The molecule has 0 bridgehead atoms. The number of nitrogens with zero attached hydrogens (tertiary/aromatic N) is 1. The molecule has 72 valence electrons. The molecule has 0 unspecified atom stereocenters. The van der Waals surface area contributed by atoms with Crippen molar-refractivity contribution in [3.63, 3.8) is 0 Å². The Morgan fingerprint density at radius 3 is 2.86 bits per heavy atom. The van der Waals surface area contributed by atoms with E-state index in [1.54, 1.807) is 6.20 Å². The van der Waals surface area contributed by atoms with Crippen LogP contribution >= 0.6 is 0 Å². The van der Waals surface area contributed by atoms with Crippen LogP contribution in [0.2, 0.25) is 0 Å². The second kappa shape index (κ2) is 3.06. The van der Waals surface area contributed by atoms with Gasteiger partial charge in [-0.05, 0) is 18.6 Å². The van der Waals surface area contributed by atoms with Crippen LogP contribution in [0.5, 0.6) is 0 Å². The van der Waals surface area contributed by atoms with Gasteiger partial charge in [-0.15, -0.1) is 0 Å². The monoisotopic (exact) mass is 190 g/mol. The van der Waals surface area contributed by atoms with Crippen LogP contribution < -0.4 is 5.73 Å². The van der Waals surface area contributed by atoms with Crippen LogP contribution in [0.15, 0.2) is 33.9 Å². The molecule has 0 saturated carbocycles. The SMILES string of the molecule is C=C(N)c1oc(-c2ncco2)cc1C. The third kappa shape index (κ3) is 1.31. The molecule has 0 aliphatic rings. The maximum Gasteiger partial charge on any atom is 0.262 e. The molecule has 14 heavy (non-hydrogen) atoms. The second-order valence-corrected chi connectivity index (χ2v) is 2.99. The minimum Gasteiger partial charge on any atom is -0.449 e. The van der Waals surface area contributed by atoms with Gasteiger partial charge in [0.2, 0.25) is 0 Å². The Balaban J connectivity index is 2.48. The topological polar surface area (TPSA) is 65.2 Å². The molecule has 4 nitrogen and oxygen atoms in total. The van der Waals surface area contributed by atoms with Crippen LogP contribution in [0.3, 0.4) is 0 Å². The Morgan fingerprint density at radius 1 is 1.57 bits per heavy atom. The summed E-state index contributed by atoms with van der Waals surface area (Å²) in [4.78, 5) is 3.97. The van der Waals surface area contributed by atoms with Crippen molar-refractivity contribution in [3.8, 4) is 11.7 Å². The van der Waals surface area contributed by atoms with E-state index < -0.39 is 0 Å². The highest BCUT2D eigenvalue weighted by molar-refractivity contribution is 5.62. The summed E-state index contributed by atoms with van der Waals surface area (Å²) in [5.41, 5.74) is 6.87. The lowest BCUT2D eigenvalue weighted by Crippen LogP contribution is -1.92. The normalized spacial score (nSPS) is 10.4. The quantitative estimate of drug-likeness (QED) is 0.788. The summed E-state index contributed by atoms with van der Waals surface area (Å²) in [6.07, 6.45) is 3.05. The van der Waals surface area contributed by atoms with E-state index in [1.807, 2.05) is 13.0 Å². The number of hydrogen-bond acceptors (Lipinski definition) is 4. The van der Waals surface area contributed by atoms with Gasteiger partial charge in [0.15, 0.2) is 11.5 Å². The molecular formula is C10H10N2O2. The molecule has 0 fully saturated rings. The molecule has 2 aromatic heterocycles. The molecule has 2 heterocycles. The maximum absolute atomic E-state index is 5.54. The first kappa shape index (κ1) is 8.62. The highest BCUT2D eigenvalue weighted by Gasteiger charge is 2.12. The van der Waals surface area contributed by atoms with E-state index in [2.05, 4.69) is 11.6 Å². The van der Waals surface area contributed by atoms with Gasteiger partial charge in [-0.25, -0.2) is 4.98 Å². The van der Waals surface area contributed by atoms with Crippen LogP contribution in [-0.2, 0) is 0 Å². The van der Waals surface area contributed by atoms with Gasteiger partial charge in [0.25, 0.3) is 5.89 Å². The van der Waals surface area contributed by atoms with Crippen molar-refractivity contribution in [3.05, 3.63) is 36.4 Å². The molecule has 0 aliphatic carbocycles. The van der Waals surface area contributed by atoms with Crippen molar-refractivity contribution in [2.24, 2.45) is 5.73 Å². The Labute approximate surface area is 81.0 Å². The lowest BCUT2D eigenvalue weighted by atomic mass is 10.2. The minimum atomic E-state index is 0.403. The van der Waals surface area contributed by atoms with Gasteiger partial charge in [0.05, 0.1) is 11.9 Å². The summed E-state index contributed by atoms with van der Waals surface area (Å²) < 4.78 is 10.5. The van der Waals surface area contributed by atoms with E-state index in [4.69, 9.17) is 14.6 Å². The molecule has 0 saturated heterocycles. The molecule has 2 aromatic rings. The van der Waals surface area contributed by atoms with Crippen LogP contribution in [0.25, 0.3) is 17.3 Å². The molecule has 2 N–H and O–H groups in total. The van der Waals surface area contributed by atoms with Gasteiger partial charge in [-0.3, -0.25) is 0 Å². The lowest BCUT2D eigenvalue weighted by molar-refractivity contribution is 0.510. The molecule has 0 aromatic carbocycles. The minimum absolute atomic E-state index is 0.403. The predicted molar refractivity (Wildman–Crippen MR) is 52.2 cm³/mol. The Hall–Kier alpha value is -1.97. The third-order valence-corrected chi connectivity index (χ3v) is 1.85. The van der Waals surface area contributed by atoms with Crippen LogP contribution in [0.4, 0.5) is 0 Å². The predicted octanol–water partition coefficient (Wildman–Crippen LogP) is 2.17. The molecule has 0 atom stereocenters. The van der Waals surface area contributed by atoms with Crippen molar-refractivity contribution >= 4 is 5.70 Å². The van der Waals surface area contributed by atoms with Gasteiger partial charge in [0, 0.05) is 0 Å². The Morgan fingerprint density at radius 2 is 2.36 bits per heavy atom. The number of nitrogens with two attached hydrogens (primary N) is 1. The van der Waals surface area contributed by atoms with Gasteiger partial charge in [-0.2, -0.15) is 0 Å². The summed E-state index contributed by atoms with van der Waals surface area (Å²) in [5.74, 6) is 1.59. The zero-order valence-electron chi connectivity index (χ0n) is 7.78. The fourth-order valence-corrected chi connectivity index (χ4v) is 1.25. The Bertz CT molecular complexity index is 454. The second-order valence-electron chi connectivity index (χ2n) is 2.99. The maximum atomic E-state index is 5.54. The van der Waals surface area contributed by atoms with E-state index >= 15 is 0 Å².